The Morgan fingerprint density at radius 3 is 2.55 bits per heavy atom. The second-order valence-electron chi connectivity index (χ2n) is 5.70. The number of rotatable bonds is 5. The third-order valence-corrected chi connectivity index (χ3v) is 4.36. The van der Waals surface area contributed by atoms with Crippen LogP contribution in [0.15, 0.2) is 24.3 Å². The molecule has 20 heavy (non-hydrogen) atoms. The number of carbonyl (C=O) groups is 1. The molecule has 0 radical (unpaired) electrons. The summed E-state index contributed by atoms with van der Waals surface area (Å²) in [6.07, 6.45) is 7.18. The summed E-state index contributed by atoms with van der Waals surface area (Å²) in [6, 6.07) is 8.12. The van der Waals surface area contributed by atoms with Crippen molar-refractivity contribution >= 4 is 17.6 Å². The van der Waals surface area contributed by atoms with E-state index in [4.69, 9.17) is 11.6 Å². The van der Waals surface area contributed by atoms with Gasteiger partial charge in [-0.1, -0.05) is 36.6 Å². The molecule has 0 amide bonds. The summed E-state index contributed by atoms with van der Waals surface area (Å²) >= 11 is 6.01. The highest BCUT2D eigenvalue weighted by Gasteiger charge is 2.23. The topological polar surface area (TPSA) is 44.6 Å². The Balaban J connectivity index is 2.07. The maximum atomic E-state index is 11.0. The number of halogens is 1. The van der Waals surface area contributed by atoms with E-state index in [9.17, 15) is 9.90 Å². The van der Waals surface area contributed by atoms with Gasteiger partial charge in [0.1, 0.15) is 13.1 Å². The van der Waals surface area contributed by atoms with Crippen LogP contribution in [0.2, 0.25) is 5.02 Å². The van der Waals surface area contributed by atoms with Gasteiger partial charge in [0.25, 0.3) is 0 Å². The van der Waals surface area contributed by atoms with Crippen LogP contribution < -0.4 is 10.0 Å². The minimum Gasteiger partial charge on any atom is -0.544 e. The van der Waals surface area contributed by atoms with Crippen LogP contribution in [0.4, 0.5) is 0 Å². The summed E-state index contributed by atoms with van der Waals surface area (Å²) in [7, 11) is 0. The van der Waals surface area contributed by atoms with Gasteiger partial charge in [-0.25, -0.2) is 0 Å². The predicted octanol–water partition coefficient (Wildman–Crippen LogP) is 1.20. The van der Waals surface area contributed by atoms with Gasteiger partial charge < -0.3 is 14.8 Å². The molecular weight excluding hydrogens is 274 g/mol. The molecule has 3 nitrogen and oxygen atoms in total. The Morgan fingerprint density at radius 2 is 1.95 bits per heavy atom. The summed E-state index contributed by atoms with van der Waals surface area (Å²) in [4.78, 5) is 12.1. The molecule has 1 saturated carbocycles. The standard InChI is InChI=1S/C16H22ClNO2/c17-14-7-5-6-13(10-14)11-18(12-16(19)20)15-8-3-1-2-4-9-15/h5-7,10,15H,1-4,8-9,11-12H2,(H,19,20). The van der Waals surface area contributed by atoms with Gasteiger partial charge in [-0.3, -0.25) is 0 Å². The number of carboxylic acids is 1. The quantitative estimate of drug-likeness (QED) is 0.830. The Hall–Kier alpha value is -1.06. The Kier molecular flexibility index (Phi) is 5.86. The molecule has 0 aromatic heterocycles. The second-order valence-corrected chi connectivity index (χ2v) is 6.14. The number of nitrogens with one attached hydrogen (secondary N) is 1. The van der Waals surface area contributed by atoms with Gasteiger partial charge in [0.15, 0.2) is 0 Å². The van der Waals surface area contributed by atoms with Crippen LogP contribution >= 0.6 is 11.6 Å². The largest absolute Gasteiger partial charge is 0.544 e. The number of benzene rings is 1. The molecule has 1 fully saturated rings. The highest BCUT2D eigenvalue weighted by molar-refractivity contribution is 6.30. The second kappa shape index (κ2) is 7.65. The van der Waals surface area contributed by atoms with Crippen LogP contribution in [0.25, 0.3) is 0 Å². The molecule has 0 saturated heterocycles. The molecule has 1 atom stereocenters. The lowest BCUT2D eigenvalue weighted by Crippen LogP contribution is -3.15. The van der Waals surface area contributed by atoms with Gasteiger partial charge in [-0.2, -0.15) is 0 Å². The number of quaternary nitrogens is 1. The molecule has 1 aliphatic carbocycles. The lowest BCUT2D eigenvalue weighted by Gasteiger charge is -2.28. The minimum atomic E-state index is -0.966. The van der Waals surface area contributed by atoms with Gasteiger partial charge >= 0.3 is 0 Å². The van der Waals surface area contributed by atoms with E-state index in [0.29, 0.717) is 17.6 Å². The lowest BCUT2D eigenvalue weighted by atomic mass is 10.1. The van der Waals surface area contributed by atoms with Crippen molar-refractivity contribution in [1.29, 1.82) is 0 Å². The SMILES string of the molecule is O=C([O-])C[NH+](Cc1cccc(Cl)c1)C1CCCCCC1. The molecule has 0 heterocycles. The van der Waals surface area contributed by atoms with Crippen LogP contribution in [0.5, 0.6) is 0 Å². The summed E-state index contributed by atoms with van der Waals surface area (Å²) in [5.41, 5.74) is 1.10. The zero-order valence-electron chi connectivity index (χ0n) is 11.7. The van der Waals surface area contributed by atoms with Crippen molar-refractivity contribution in [1.82, 2.24) is 0 Å². The van der Waals surface area contributed by atoms with Crippen molar-refractivity contribution in [2.45, 2.75) is 51.1 Å². The summed E-state index contributed by atoms with van der Waals surface area (Å²) in [5.74, 6) is -0.966. The number of aliphatic carboxylic acids is 1. The molecular formula is C16H22ClNO2. The zero-order valence-corrected chi connectivity index (χ0v) is 12.5. The molecule has 0 bridgehead atoms. The normalized spacial score (nSPS) is 18.4. The number of carboxylic acid groups (broad SMARTS) is 1. The van der Waals surface area contributed by atoms with Crippen molar-refractivity contribution in [3.63, 3.8) is 0 Å². The Morgan fingerprint density at radius 1 is 1.25 bits per heavy atom. The van der Waals surface area contributed by atoms with E-state index in [1.54, 1.807) is 0 Å². The first-order chi connectivity index (χ1) is 9.65. The molecule has 0 aliphatic heterocycles. The molecule has 1 unspecified atom stereocenters. The highest BCUT2D eigenvalue weighted by atomic mass is 35.5. The van der Waals surface area contributed by atoms with E-state index in [0.717, 1.165) is 23.3 Å². The van der Waals surface area contributed by atoms with E-state index in [1.807, 2.05) is 24.3 Å². The average Bonchev–Trinajstić information content (AvgIpc) is 2.66. The fourth-order valence-electron chi connectivity index (χ4n) is 3.13. The minimum absolute atomic E-state index is 0.0805. The summed E-state index contributed by atoms with van der Waals surface area (Å²) in [5, 5.41) is 11.7. The summed E-state index contributed by atoms with van der Waals surface area (Å²) in [6.45, 7) is 0.788. The van der Waals surface area contributed by atoms with E-state index in [1.165, 1.54) is 25.7 Å². The fourth-order valence-corrected chi connectivity index (χ4v) is 3.35. The highest BCUT2D eigenvalue weighted by Crippen LogP contribution is 2.16. The molecule has 2 rings (SSSR count). The third-order valence-electron chi connectivity index (χ3n) is 4.12. The van der Waals surface area contributed by atoms with Crippen molar-refractivity contribution in [2.24, 2.45) is 0 Å². The average molecular weight is 296 g/mol. The number of hydrogen-bond acceptors (Lipinski definition) is 2. The van der Waals surface area contributed by atoms with E-state index < -0.39 is 5.97 Å². The molecule has 1 N–H and O–H groups in total. The van der Waals surface area contributed by atoms with Gasteiger partial charge in [-0.05, 0) is 37.8 Å². The monoisotopic (exact) mass is 295 g/mol. The molecule has 4 heteroatoms. The number of carbonyl (C=O) groups excluding carboxylic acids is 1. The first kappa shape index (κ1) is 15.3. The first-order valence-corrected chi connectivity index (χ1v) is 7.82. The Labute approximate surface area is 125 Å². The van der Waals surface area contributed by atoms with Crippen molar-refractivity contribution in [2.75, 3.05) is 6.54 Å². The van der Waals surface area contributed by atoms with Crippen LogP contribution in [-0.2, 0) is 11.3 Å². The van der Waals surface area contributed by atoms with Gasteiger partial charge in [0.2, 0.25) is 0 Å². The van der Waals surface area contributed by atoms with E-state index in [-0.39, 0.29) is 6.54 Å². The first-order valence-electron chi connectivity index (χ1n) is 7.44. The van der Waals surface area contributed by atoms with Crippen LogP contribution in [0.3, 0.4) is 0 Å². The van der Waals surface area contributed by atoms with Gasteiger partial charge in [-0.15, -0.1) is 0 Å². The van der Waals surface area contributed by atoms with E-state index >= 15 is 0 Å². The maximum absolute atomic E-state index is 11.0. The Bertz CT molecular complexity index is 442. The van der Waals surface area contributed by atoms with E-state index in [2.05, 4.69) is 0 Å². The zero-order chi connectivity index (χ0) is 14.4. The molecule has 1 aromatic rings. The molecule has 1 aliphatic rings. The van der Waals surface area contributed by atoms with Crippen molar-refractivity contribution in [3.8, 4) is 0 Å². The predicted molar refractivity (Wildman–Crippen MR) is 77.5 cm³/mol. The smallest absolute Gasteiger partial charge is 0.118 e. The third kappa shape index (κ3) is 4.80. The molecule has 0 spiro atoms. The summed E-state index contributed by atoms with van der Waals surface area (Å²) < 4.78 is 0. The van der Waals surface area contributed by atoms with Crippen LogP contribution in [0, 0.1) is 0 Å². The molecule has 110 valence electrons. The van der Waals surface area contributed by atoms with Crippen LogP contribution in [0.1, 0.15) is 44.1 Å². The van der Waals surface area contributed by atoms with Gasteiger partial charge in [0, 0.05) is 10.6 Å². The maximum Gasteiger partial charge on any atom is 0.118 e. The van der Waals surface area contributed by atoms with Crippen molar-refractivity contribution in [3.05, 3.63) is 34.9 Å². The fraction of sp³-hybridized carbons (Fsp3) is 0.562. The number of hydrogen-bond donors (Lipinski definition) is 1. The molecule has 1 aromatic carbocycles. The van der Waals surface area contributed by atoms with Crippen LogP contribution in [-0.4, -0.2) is 18.6 Å². The lowest BCUT2D eigenvalue weighted by molar-refractivity contribution is -0.934. The van der Waals surface area contributed by atoms with Gasteiger partial charge in [0.05, 0.1) is 12.0 Å². The van der Waals surface area contributed by atoms with Crippen molar-refractivity contribution < 1.29 is 14.8 Å².